The van der Waals surface area contributed by atoms with Crippen molar-refractivity contribution in [3.8, 4) is 0 Å². The SMILES string of the molecule is CCCCCCSCCO[PH](=O)OCCSCCCCCC. The Hall–Kier alpha value is 0.850. The molecule has 0 aliphatic rings. The quantitative estimate of drug-likeness (QED) is 0.217. The Labute approximate surface area is 147 Å². The molecule has 6 heteroatoms. The molecular weight excluding hydrogens is 335 g/mol. The van der Waals surface area contributed by atoms with Crippen molar-refractivity contribution in [2.75, 3.05) is 36.2 Å². The molecule has 134 valence electrons. The van der Waals surface area contributed by atoms with Crippen molar-refractivity contribution >= 4 is 31.8 Å². The Morgan fingerprint density at radius 3 is 1.55 bits per heavy atom. The van der Waals surface area contributed by atoms with Gasteiger partial charge in [0.05, 0.1) is 13.2 Å². The highest BCUT2D eigenvalue weighted by molar-refractivity contribution is 7.99. The van der Waals surface area contributed by atoms with Gasteiger partial charge in [0, 0.05) is 11.5 Å². The molecule has 0 radical (unpaired) electrons. The molecule has 0 N–H and O–H groups in total. The van der Waals surface area contributed by atoms with Gasteiger partial charge in [-0.25, -0.2) is 0 Å². The number of unbranched alkanes of at least 4 members (excludes halogenated alkanes) is 6. The van der Waals surface area contributed by atoms with E-state index < -0.39 is 8.25 Å². The van der Waals surface area contributed by atoms with E-state index in [0.29, 0.717) is 13.2 Å². The molecule has 0 amide bonds. The Balaban J connectivity index is 3.13. The summed E-state index contributed by atoms with van der Waals surface area (Å²) in [6, 6.07) is 0. The molecule has 0 aliphatic carbocycles. The average molecular weight is 371 g/mol. The second-order valence-electron chi connectivity index (χ2n) is 5.29. The number of hydrogen-bond acceptors (Lipinski definition) is 5. The first-order valence-electron chi connectivity index (χ1n) is 8.76. The van der Waals surface area contributed by atoms with Gasteiger partial charge in [-0.1, -0.05) is 52.4 Å². The van der Waals surface area contributed by atoms with E-state index in [-0.39, 0.29) is 0 Å². The third kappa shape index (κ3) is 18.9. The predicted octanol–water partition coefficient (Wildman–Crippen LogP) is 6.04. The molecule has 0 fully saturated rings. The third-order valence-corrected chi connectivity index (χ3v) is 6.12. The Bertz CT molecular complexity index is 221. The summed E-state index contributed by atoms with van der Waals surface area (Å²) in [5, 5.41) is 0. The Morgan fingerprint density at radius 1 is 0.682 bits per heavy atom. The number of thioether (sulfide) groups is 2. The highest BCUT2D eigenvalue weighted by Gasteiger charge is 2.00. The van der Waals surface area contributed by atoms with Gasteiger partial charge in [-0.05, 0) is 24.3 Å². The van der Waals surface area contributed by atoms with Crippen molar-refractivity contribution in [3.05, 3.63) is 0 Å². The zero-order chi connectivity index (χ0) is 16.3. The fourth-order valence-electron chi connectivity index (χ4n) is 1.88. The van der Waals surface area contributed by atoms with Gasteiger partial charge >= 0.3 is 8.25 Å². The van der Waals surface area contributed by atoms with Crippen molar-refractivity contribution in [1.82, 2.24) is 0 Å². The first-order chi connectivity index (χ1) is 10.8. The average Bonchev–Trinajstić information content (AvgIpc) is 2.52. The van der Waals surface area contributed by atoms with E-state index in [2.05, 4.69) is 13.8 Å². The van der Waals surface area contributed by atoms with Crippen LogP contribution in [0.25, 0.3) is 0 Å². The van der Waals surface area contributed by atoms with E-state index in [1.54, 1.807) is 0 Å². The van der Waals surface area contributed by atoms with Gasteiger partial charge in [0.15, 0.2) is 0 Å². The highest BCUT2D eigenvalue weighted by Crippen LogP contribution is 2.24. The summed E-state index contributed by atoms with van der Waals surface area (Å²) in [6.07, 6.45) is 10.4. The molecule has 0 saturated heterocycles. The molecule has 0 saturated carbocycles. The Morgan fingerprint density at radius 2 is 1.14 bits per heavy atom. The van der Waals surface area contributed by atoms with Crippen LogP contribution in [0.3, 0.4) is 0 Å². The van der Waals surface area contributed by atoms with E-state index in [9.17, 15) is 4.57 Å². The van der Waals surface area contributed by atoms with E-state index in [4.69, 9.17) is 9.05 Å². The molecule has 0 aromatic rings. The number of hydrogen-bond donors (Lipinski definition) is 0. The van der Waals surface area contributed by atoms with Gasteiger partial charge in [-0.2, -0.15) is 23.5 Å². The molecule has 0 unspecified atom stereocenters. The minimum Gasteiger partial charge on any atom is -0.310 e. The third-order valence-electron chi connectivity index (χ3n) is 3.18. The van der Waals surface area contributed by atoms with E-state index in [0.717, 1.165) is 11.5 Å². The first kappa shape index (κ1) is 22.9. The summed E-state index contributed by atoms with van der Waals surface area (Å²) < 4.78 is 22.0. The zero-order valence-corrected chi connectivity index (χ0v) is 17.1. The van der Waals surface area contributed by atoms with Crippen LogP contribution in [0.2, 0.25) is 0 Å². The minimum atomic E-state index is -2.27. The molecular formula is C16H35O3PS2. The van der Waals surface area contributed by atoms with Crippen molar-refractivity contribution in [2.24, 2.45) is 0 Å². The van der Waals surface area contributed by atoms with Gasteiger partial charge < -0.3 is 9.05 Å². The summed E-state index contributed by atoms with van der Waals surface area (Å²) >= 11 is 3.76. The molecule has 0 atom stereocenters. The highest BCUT2D eigenvalue weighted by atomic mass is 32.2. The van der Waals surface area contributed by atoms with Gasteiger partial charge in [0.2, 0.25) is 0 Å². The molecule has 0 bridgehead atoms. The van der Waals surface area contributed by atoms with Gasteiger partial charge in [0.1, 0.15) is 0 Å². The maximum Gasteiger partial charge on any atom is 0.319 e. The molecule has 0 rings (SSSR count). The van der Waals surface area contributed by atoms with Crippen LogP contribution in [0.15, 0.2) is 0 Å². The van der Waals surface area contributed by atoms with Crippen molar-refractivity contribution < 1.29 is 13.6 Å². The lowest BCUT2D eigenvalue weighted by Crippen LogP contribution is -1.96. The lowest BCUT2D eigenvalue weighted by Gasteiger charge is -2.06. The van der Waals surface area contributed by atoms with Crippen LogP contribution in [0, 0.1) is 0 Å². The van der Waals surface area contributed by atoms with E-state index >= 15 is 0 Å². The molecule has 0 aromatic heterocycles. The molecule has 0 aliphatic heterocycles. The topological polar surface area (TPSA) is 35.5 Å². The largest absolute Gasteiger partial charge is 0.319 e. The maximum absolute atomic E-state index is 11.5. The summed E-state index contributed by atoms with van der Waals surface area (Å²) in [7, 11) is -2.27. The standard InChI is InChI=1S/C16H35O3PS2/c1-3-5-7-9-13-21-15-11-18-20(17)19-12-16-22-14-10-8-6-4-2/h20H,3-16H2,1-2H3. The van der Waals surface area contributed by atoms with Crippen molar-refractivity contribution in [2.45, 2.75) is 65.2 Å². The fourth-order valence-corrected chi connectivity index (χ4v) is 4.42. The van der Waals surface area contributed by atoms with Crippen LogP contribution < -0.4 is 0 Å². The van der Waals surface area contributed by atoms with E-state index in [1.807, 2.05) is 23.5 Å². The Kier molecular flexibility index (Phi) is 20.7. The molecule has 0 spiro atoms. The summed E-state index contributed by atoms with van der Waals surface area (Å²) in [5.41, 5.74) is 0. The second kappa shape index (κ2) is 19.9. The maximum atomic E-state index is 11.5. The van der Waals surface area contributed by atoms with Crippen LogP contribution in [-0.4, -0.2) is 36.2 Å². The normalized spacial score (nSPS) is 11.4. The van der Waals surface area contributed by atoms with Crippen LogP contribution in [-0.2, 0) is 13.6 Å². The van der Waals surface area contributed by atoms with Crippen LogP contribution in [0.4, 0.5) is 0 Å². The van der Waals surface area contributed by atoms with Crippen LogP contribution >= 0.6 is 31.8 Å². The second-order valence-corrected chi connectivity index (χ2v) is 8.82. The first-order valence-corrected chi connectivity index (χ1v) is 12.3. The molecule has 3 nitrogen and oxygen atoms in total. The van der Waals surface area contributed by atoms with Gasteiger partial charge in [-0.15, -0.1) is 0 Å². The monoisotopic (exact) mass is 370 g/mol. The predicted molar refractivity (Wildman–Crippen MR) is 104 cm³/mol. The van der Waals surface area contributed by atoms with E-state index in [1.165, 1.54) is 62.9 Å². The van der Waals surface area contributed by atoms with Crippen molar-refractivity contribution in [3.63, 3.8) is 0 Å². The summed E-state index contributed by atoms with van der Waals surface area (Å²) in [6.45, 7) is 5.54. The van der Waals surface area contributed by atoms with Gasteiger partial charge in [0.25, 0.3) is 0 Å². The van der Waals surface area contributed by atoms with Crippen LogP contribution in [0.1, 0.15) is 65.2 Å². The number of rotatable bonds is 18. The molecule has 22 heavy (non-hydrogen) atoms. The lowest BCUT2D eigenvalue weighted by molar-refractivity contribution is 0.246. The lowest BCUT2D eigenvalue weighted by atomic mass is 10.2. The summed E-state index contributed by atoms with van der Waals surface area (Å²) in [4.78, 5) is 0. The van der Waals surface area contributed by atoms with Crippen LogP contribution in [0.5, 0.6) is 0 Å². The molecule has 0 heterocycles. The molecule has 0 aromatic carbocycles. The zero-order valence-electron chi connectivity index (χ0n) is 14.4. The fraction of sp³-hybridized carbons (Fsp3) is 1.00. The van der Waals surface area contributed by atoms with Crippen molar-refractivity contribution in [1.29, 1.82) is 0 Å². The smallest absolute Gasteiger partial charge is 0.310 e. The van der Waals surface area contributed by atoms with Gasteiger partial charge in [-0.3, -0.25) is 4.57 Å². The summed E-state index contributed by atoms with van der Waals surface area (Å²) in [5.74, 6) is 4.19. The minimum absolute atomic E-state index is 0.542.